The van der Waals surface area contributed by atoms with Crippen molar-refractivity contribution in [2.75, 3.05) is 25.0 Å². The van der Waals surface area contributed by atoms with Gasteiger partial charge in [0.1, 0.15) is 12.1 Å². The van der Waals surface area contributed by atoms with E-state index in [9.17, 15) is 0 Å². The van der Waals surface area contributed by atoms with Gasteiger partial charge in [0.25, 0.3) is 0 Å². The molecule has 0 atom stereocenters. The second kappa shape index (κ2) is 5.73. The first-order valence-corrected chi connectivity index (χ1v) is 8.70. The minimum Gasteiger partial charge on any atom is -0.352 e. The molecule has 1 saturated carbocycles. The van der Waals surface area contributed by atoms with E-state index in [1.807, 2.05) is 22.7 Å². The van der Waals surface area contributed by atoms with Crippen LogP contribution in [0.25, 0.3) is 5.65 Å². The number of hydrogen-bond acceptors (Lipinski definition) is 7. The molecule has 8 heteroatoms. The zero-order valence-electron chi connectivity index (χ0n) is 14.2. The first-order chi connectivity index (χ1) is 12.3. The lowest BCUT2D eigenvalue weighted by Crippen LogP contribution is -2.58. The van der Waals surface area contributed by atoms with Gasteiger partial charge >= 0.3 is 0 Å². The van der Waals surface area contributed by atoms with Gasteiger partial charge < -0.3 is 4.90 Å². The molecular weight excluding hydrogens is 316 g/mol. The topological polar surface area (TPSA) is 75.3 Å². The predicted octanol–water partition coefficient (Wildman–Crippen LogP) is 1.11. The van der Waals surface area contributed by atoms with Gasteiger partial charge in [-0.1, -0.05) is 0 Å². The Hall–Kier alpha value is -2.61. The monoisotopic (exact) mass is 336 g/mol. The summed E-state index contributed by atoms with van der Waals surface area (Å²) in [6.45, 7) is 2.78. The van der Waals surface area contributed by atoms with Crippen LogP contribution in [0.3, 0.4) is 0 Å². The maximum atomic E-state index is 4.77. The summed E-state index contributed by atoms with van der Waals surface area (Å²) >= 11 is 0. The second-order valence-electron chi connectivity index (χ2n) is 6.97. The van der Waals surface area contributed by atoms with Crippen LogP contribution >= 0.6 is 0 Å². The van der Waals surface area contributed by atoms with E-state index in [-0.39, 0.29) is 0 Å². The van der Waals surface area contributed by atoms with E-state index in [0.717, 1.165) is 42.6 Å². The highest BCUT2D eigenvalue weighted by Crippen LogP contribution is 2.38. The average molecular weight is 336 g/mol. The summed E-state index contributed by atoms with van der Waals surface area (Å²) in [5.74, 6) is 2.55. The maximum absolute atomic E-state index is 4.77. The van der Waals surface area contributed by atoms with Gasteiger partial charge in [0, 0.05) is 37.8 Å². The highest BCUT2D eigenvalue weighted by molar-refractivity contribution is 5.48. The fourth-order valence-corrected chi connectivity index (χ4v) is 3.28. The first kappa shape index (κ1) is 14.7. The van der Waals surface area contributed by atoms with Gasteiger partial charge in [-0.2, -0.15) is 4.52 Å². The lowest BCUT2D eigenvalue weighted by Gasteiger charge is -2.44. The Morgan fingerprint density at radius 1 is 1.16 bits per heavy atom. The highest BCUT2D eigenvalue weighted by Gasteiger charge is 2.33. The molecule has 0 amide bonds. The molecule has 4 heterocycles. The van der Waals surface area contributed by atoms with Gasteiger partial charge in [-0.25, -0.2) is 9.97 Å². The third-order valence-electron chi connectivity index (χ3n) is 5.08. The van der Waals surface area contributed by atoms with Crippen molar-refractivity contribution in [3.8, 4) is 0 Å². The van der Waals surface area contributed by atoms with E-state index < -0.39 is 0 Å². The fourth-order valence-electron chi connectivity index (χ4n) is 3.28. The molecule has 1 aliphatic heterocycles. The van der Waals surface area contributed by atoms with Gasteiger partial charge in [-0.15, -0.1) is 15.3 Å². The Morgan fingerprint density at radius 2 is 2.04 bits per heavy atom. The van der Waals surface area contributed by atoms with E-state index >= 15 is 0 Å². The third-order valence-corrected chi connectivity index (χ3v) is 5.08. The summed E-state index contributed by atoms with van der Waals surface area (Å²) < 4.78 is 1.92. The number of hydrogen-bond donors (Lipinski definition) is 0. The molecule has 1 saturated heterocycles. The summed E-state index contributed by atoms with van der Waals surface area (Å²) in [5.41, 5.74) is 1.89. The zero-order chi connectivity index (χ0) is 16.8. The van der Waals surface area contributed by atoms with Crippen LogP contribution in [0.4, 0.5) is 5.82 Å². The summed E-state index contributed by atoms with van der Waals surface area (Å²) in [4.78, 5) is 12.9. The van der Waals surface area contributed by atoms with Gasteiger partial charge in [0.2, 0.25) is 0 Å². The molecule has 3 aromatic heterocycles. The Morgan fingerprint density at radius 3 is 2.80 bits per heavy atom. The van der Waals surface area contributed by atoms with Crippen LogP contribution in [-0.2, 0) is 6.54 Å². The number of fused-ring (bicyclic) bond motifs is 1. The molecule has 0 spiro atoms. The van der Waals surface area contributed by atoms with Crippen molar-refractivity contribution in [1.29, 1.82) is 0 Å². The Kier molecular flexibility index (Phi) is 3.37. The number of nitrogens with zero attached hydrogens (tertiary/aromatic N) is 8. The van der Waals surface area contributed by atoms with Gasteiger partial charge in [-0.05, 0) is 38.1 Å². The Bertz CT molecular complexity index is 882. The molecule has 0 radical (unpaired) electrons. The SMILES string of the molecule is CN(Cc1ccncn1)C1CN(c2ccc3nnc(C4CC4)n3n2)C1. The highest BCUT2D eigenvalue weighted by atomic mass is 15.4. The van der Waals surface area contributed by atoms with Crippen molar-refractivity contribution in [2.24, 2.45) is 0 Å². The molecule has 0 N–H and O–H groups in total. The van der Waals surface area contributed by atoms with E-state index in [0.29, 0.717) is 12.0 Å². The number of aromatic nitrogens is 6. The maximum Gasteiger partial charge on any atom is 0.178 e. The number of anilines is 1. The summed E-state index contributed by atoms with van der Waals surface area (Å²) in [5, 5.41) is 13.3. The molecule has 8 nitrogen and oxygen atoms in total. The van der Waals surface area contributed by atoms with Crippen molar-refractivity contribution in [3.05, 3.63) is 42.2 Å². The van der Waals surface area contributed by atoms with Crippen LogP contribution in [0.2, 0.25) is 0 Å². The van der Waals surface area contributed by atoms with Crippen molar-refractivity contribution in [3.63, 3.8) is 0 Å². The van der Waals surface area contributed by atoms with Crippen LogP contribution < -0.4 is 4.90 Å². The average Bonchev–Trinajstić information content (AvgIpc) is 3.34. The van der Waals surface area contributed by atoms with Crippen LogP contribution in [0.15, 0.2) is 30.7 Å². The van der Waals surface area contributed by atoms with Gasteiger partial charge in [0.05, 0.1) is 5.69 Å². The number of likely N-dealkylation sites (N-methyl/N-ethyl adjacent to an activating group) is 1. The van der Waals surface area contributed by atoms with Crippen molar-refractivity contribution >= 4 is 11.5 Å². The summed E-state index contributed by atoms with van der Waals surface area (Å²) in [6, 6.07) is 6.53. The predicted molar refractivity (Wildman–Crippen MR) is 92.3 cm³/mol. The van der Waals surface area contributed by atoms with Gasteiger partial charge in [0.15, 0.2) is 11.5 Å². The molecule has 0 unspecified atom stereocenters. The zero-order valence-corrected chi connectivity index (χ0v) is 14.2. The van der Waals surface area contributed by atoms with Crippen LogP contribution in [0.5, 0.6) is 0 Å². The quantitative estimate of drug-likeness (QED) is 0.691. The van der Waals surface area contributed by atoms with Crippen molar-refractivity contribution in [2.45, 2.75) is 31.3 Å². The molecule has 3 aromatic rings. The number of rotatable bonds is 5. The molecule has 128 valence electrons. The smallest absolute Gasteiger partial charge is 0.178 e. The molecule has 2 aliphatic rings. The fraction of sp³-hybridized carbons (Fsp3) is 0.471. The molecule has 25 heavy (non-hydrogen) atoms. The molecular formula is C17H20N8. The largest absolute Gasteiger partial charge is 0.352 e. The van der Waals surface area contributed by atoms with E-state index in [4.69, 9.17) is 5.10 Å². The standard InChI is InChI=1S/C17H20N8/c1-23(8-13-6-7-18-11-19-13)14-9-24(10-14)16-5-4-15-20-21-17(12-2-3-12)25(15)22-16/h4-7,11-12,14H,2-3,8-10H2,1H3. The molecule has 5 rings (SSSR count). The normalized spacial score (nSPS) is 18.1. The lowest BCUT2D eigenvalue weighted by atomic mass is 10.1. The third kappa shape index (κ3) is 2.72. The minimum absolute atomic E-state index is 0.510. The molecule has 0 bridgehead atoms. The molecule has 0 aromatic carbocycles. The van der Waals surface area contributed by atoms with E-state index in [2.05, 4.69) is 37.0 Å². The Labute approximate surface area is 145 Å². The minimum atomic E-state index is 0.510. The molecule has 1 aliphatic carbocycles. The van der Waals surface area contributed by atoms with E-state index in [1.165, 1.54) is 12.8 Å². The van der Waals surface area contributed by atoms with Gasteiger partial charge in [-0.3, -0.25) is 4.90 Å². The van der Waals surface area contributed by atoms with Crippen molar-refractivity contribution in [1.82, 2.24) is 34.7 Å². The summed E-state index contributed by atoms with van der Waals surface area (Å²) in [6.07, 6.45) is 5.80. The molecule has 2 fully saturated rings. The Balaban J connectivity index is 1.27. The van der Waals surface area contributed by atoms with Crippen LogP contribution in [-0.4, -0.2) is 60.9 Å². The first-order valence-electron chi connectivity index (χ1n) is 8.70. The van der Waals surface area contributed by atoms with E-state index in [1.54, 1.807) is 12.5 Å². The lowest BCUT2D eigenvalue weighted by molar-refractivity contribution is 0.194. The van der Waals surface area contributed by atoms with Crippen molar-refractivity contribution < 1.29 is 0 Å². The van der Waals surface area contributed by atoms with Crippen LogP contribution in [0, 0.1) is 0 Å². The summed E-state index contributed by atoms with van der Waals surface area (Å²) in [7, 11) is 2.14. The second-order valence-corrected chi connectivity index (χ2v) is 6.97. The van der Waals surface area contributed by atoms with Crippen LogP contribution in [0.1, 0.15) is 30.3 Å².